The molecule has 1 N–H and O–H groups in total. The van der Waals surface area contributed by atoms with E-state index in [0.717, 1.165) is 12.0 Å². The van der Waals surface area contributed by atoms with E-state index in [9.17, 15) is 12.8 Å². The van der Waals surface area contributed by atoms with Crippen LogP contribution in [0.2, 0.25) is 0 Å². The van der Waals surface area contributed by atoms with E-state index in [0.29, 0.717) is 17.9 Å². The molecule has 124 valence electrons. The smallest absolute Gasteiger partial charge is 0.232 e. The summed E-state index contributed by atoms with van der Waals surface area (Å²) < 4.78 is 44.8. The highest BCUT2D eigenvalue weighted by Crippen LogP contribution is 2.18. The summed E-state index contributed by atoms with van der Waals surface area (Å²) in [5, 5.41) is 0. The van der Waals surface area contributed by atoms with Crippen LogP contribution in [-0.2, 0) is 16.6 Å². The van der Waals surface area contributed by atoms with Gasteiger partial charge in [-0.1, -0.05) is 25.5 Å². The van der Waals surface area contributed by atoms with Gasteiger partial charge in [0.1, 0.15) is 18.2 Å². The van der Waals surface area contributed by atoms with E-state index in [1.165, 1.54) is 12.1 Å². The lowest BCUT2D eigenvalue weighted by atomic mass is 10.2. The Bertz CT molecular complexity index is 730. The SMILES string of the molecule is CCCCS(=O)(=O)Nc1ccc(OCc2cccc(F)c2)cc1. The van der Waals surface area contributed by atoms with Gasteiger partial charge in [0.15, 0.2) is 0 Å². The number of ether oxygens (including phenoxy) is 1. The number of halogens is 1. The van der Waals surface area contributed by atoms with Gasteiger partial charge in [-0.05, 0) is 48.4 Å². The van der Waals surface area contributed by atoms with Crippen LogP contribution in [0.25, 0.3) is 0 Å². The van der Waals surface area contributed by atoms with Crippen LogP contribution in [0.1, 0.15) is 25.3 Å². The summed E-state index contributed by atoms with van der Waals surface area (Å²) in [6.07, 6.45) is 1.46. The van der Waals surface area contributed by atoms with Crippen molar-refractivity contribution in [3.63, 3.8) is 0 Å². The zero-order valence-corrected chi connectivity index (χ0v) is 13.8. The summed E-state index contributed by atoms with van der Waals surface area (Å²) in [7, 11) is -3.30. The number of sulfonamides is 1. The van der Waals surface area contributed by atoms with Gasteiger partial charge in [-0.15, -0.1) is 0 Å². The molecular weight excluding hydrogens is 317 g/mol. The maximum absolute atomic E-state index is 13.1. The van der Waals surface area contributed by atoms with E-state index in [4.69, 9.17) is 4.74 Å². The van der Waals surface area contributed by atoms with Crippen LogP contribution < -0.4 is 9.46 Å². The molecule has 2 rings (SSSR count). The molecule has 23 heavy (non-hydrogen) atoms. The van der Waals surface area contributed by atoms with Crippen LogP contribution in [0.15, 0.2) is 48.5 Å². The fourth-order valence-electron chi connectivity index (χ4n) is 1.98. The van der Waals surface area contributed by atoms with Crippen molar-refractivity contribution in [2.24, 2.45) is 0 Å². The Morgan fingerprint density at radius 2 is 1.87 bits per heavy atom. The highest BCUT2D eigenvalue weighted by atomic mass is 32.2. The molecule has 0 bridgehead atoms. The molecule has 6 heteroatoms. The fraction of sp³-hybridized carbons (Fsp3) is 0.294. The lowest BCUT2D eigenvalue weighted by molar-refractivity contribution is 0.305. The lowest BCUT2D eigenvalue weighted by Gasteiger charge is -2.09. The minimum atomic E-state index is -3.30. The van der Waals surface area contributed by atoms with Crippen molar-refractivity contribution in [2.45, 2.75) is 26.4 Å². The predicted octanol–water partition coefficient (Wildman–Crippen LogP) is 3.95. The Morgan fingerprint density at radius 1 is 1.13 bits per heavy atom. The van der Waals surface area contributed by atoms with Crippen molar-refractivity contribution in [3.8, 4) is 5.75 Å². The zero-order chi connectivity index (χ0) is 16.7. The molecule has 0 aliphatic carbocycles. The van der Waals surface area contributed by atoms with Crippen molar-refractivity contribution in [1.29, 1.82) is 0 Å². The summed E-state index contributed by atoms with van der Waals surface area (Å²) in [4.78, 5) is 0. The van der Waals surface area contributed by atoms with Crippen molar-refractivity contribution in [2.75, 3.05) is 10.5 Å². The number of hydrogen-bond acceptors (Lipinski definition) is 3. The highest BCUT2D eigenvalue weighted by Gasteiger charge is 2.09. The molecule has 2 aromatic carbocycles. The van der Waals surface area contributed by atoms with Crippen LogP contribution in [0.4, 0.5) is 10.1 Å². The summed E-state index contributed by atoms with van der Waals surface area (Å²) in [6, 6.07) is 12.8. The first kappa shape index (κ1) is 17.3. The molecule has 0 heterocycles. The molecular formula is C17H20FNO3S. The summed E-state index contributed by atoms with van der Waals surface area (Å²) in [5.74, 6) is 0.398. The van der Waals surface area contributed by atoms with Gasteiger partial charge >= 0.3 is 0 Å². The maximum atomic E-state index is 13.1. The Kier molecular flexibility index (Phi) is 5.98. The first-order valence-electron chi connectivity index (χ1n) is 7.46. The van der Waals surface area contributed by atoms with Gasteiger partial charge in [0.2, 0.25) is 10.0 Å². The van der Waals surface area contributed by atoms with Gasteiger partial charge in [-0.25, -0.2) is 12.8 Å². The van der Waals surface area contributed by atoms with Gasteiger partial charge in [0, 0.05) is 5.69 Å². The molecule has 0 spiro atoms. The monoisotopic (exact) mass is 337 g/mol. The number of anilines is 1. The molecule has 0 saturated heterocycles. The molecule has 0 atom stereocenters. The van der Waals surface area contributed by atoms with Gasteiger partial charge in [0.05, 0.1) is 5.75 Å². The van der Waals surface area contributed by atoms with Crippen LogP contribution in [0.5, 0.6) is 5.75 Å². The van der Waals surface area contributed by atoms with Gasteiger partial charge in [-0.3, -0.25) is 4.72 Å². The van der Waals surface area contributed by atoms with Gasteiger partial charge in [0.25, 0.3) is 0 Å². The Hall–Kier alpha value is -2.08. The van der Waals surface area contributed by atoms with Crippen molar-refractivity contribution < 1.29 is 17.5 Å². The number of hydrogen-bond donors (Lipinski definition) is 1. The van der Waals surface area contributed by atoms with E-state index < -0.39 is 10.0 Å². The third-order valence-electron chi connectivity index (χ3n) is 3.19. The van der Waals surface area contributed by atoms with Crippen LogP contribution in [-0.4, -0.2) is 14.2 Å². The molecule has 4 nitrogen and oxygen atoms in total. The molecule has 2 aromatic rings. The Balaban J connectivity index is 1.92. The molecule has 0 unspecified atom stereocenters. The van der Waals surface area contributed by atoms with Crippen molar-refractivity contribution in [1.82, 2.24) is 0 Å². The van der Waals surface area contributed by atoms with E-state index >= 15 is 0 Å². The molecule has 0 amide bonds. The first-order valence-corrected chi connectivity index (χ1v) is 9.11. The third-order valence-corrected chi connectivity index (χ3v) is 4.56. The summed E-state index contributed by atoms with van der Waals surface area (Å²) in [5.41, 5.74) is 1.23. The standard InChI is InChI=1S/C17H20FNO3S/c1-2-3-11-23(20,21)19-16-7-9-17(10-8-16)22-13-14-5-4-6-15(18)12-14/h4-10,12,19H,2-3,11,13H2,1H3. The molecule has 0 aliphatic heterocycles. The zero-order valence-electron chi connectivity index (χ0n) is 13.0. The van der Waals surface area contributed by atoms with Crippen LogP contribution in [0, 0.1) is 5.82 Å². The second-order valence-electron chi connectivity index (χ2n) is 5.22. The summed E-state index contributed by atoms with van der Waals surface area (Å²) >= 11 is 0. The quantitative estimate of drug-likeness (QED) is 0.793. The number of rotatable bonds is 8. The molecule has 0 saturated carbocycles. The molecule has 0 radical (unpaired) electrons. The Labute approximate surface area is 136 Å². The average molecular weight is 337 g/mol. The minimum absolute atomic E-state index is 0.112. The third kappa shape index (κ3) is 5.90. The minimum Gasteiger partial charge on any atom is -0.489 e. The maximum Gasteiger partial charge on any atom is 0.232 e. The number of unbranched alkanes of at least 4 members (excludes halogenated alkanes) is 1. The second kappa shape index (κ2) is 7.97. The number of benzene rings is 2. The first-order chi connectivity index (χ1) is 11.0. The molecule has 0 aliphatic rings. The van der Waals surface area contributed by atoms with Crippen molar-refractivity contribution in [3.05, 3.63) is 59.9 Å². The van der Waals surface area contributed by atoms with Crippen LogP contribution >= 0.6 is 0 Å². The fourth-order valence-corrected chi connectivity index (χ4v) is 3.24. The van der Waals surface area contributed by atoms with E-state index in [1.54, 1.807) is 36.4 Å². The summed E-state index contributed by atoms with van der Waals surface area (Å²) in [6.45, 7) is 2.19. The Morgan fingerprint density at radius 3 is 2.52 bits per heavy atom. The van der Waals surface area contributed by atoms with Gasteiger partial charge in [-0.2, -0.15) is 0 Å². The van der Waals surface area contributed by atoms with E-state index in [2.05, 4.69) is 4.72 Å². The van der Waals surface area contributed by atoms with Gasteiger partial charge < -0.3 is 4.74 Å². The average Bonchev–Trinajstić information content (AvgIpc) is 2.52. The topological polar surface area (TPSA) is 55.4 Å². The lowest BCUT2D eigenvalue weighted by Crippen LogP contribution is -2.16. The largest absolute Gasteiger partial charge is 0.489 e. The highest BCUT2D eigenvalue weighted by molar-refractivity contribution is 7.92. The normalized spacial score (nSPS) is 11.2. The van der Waals surface area contributed by atoms with E-state index in [-0.39, 0.29) is 18.2 Å². The van der Waals surface area contributed by atoms with Crippen LogP contribution in [0.3, 0.4) is 0 Å². The van der Waals surface area contributed by atoms with E-state index in [1.807, 2.05) is 6.92 Å². The molecule has 0 fully saturated rings. The second-order valence-corrected chi connectivity index (χ2v) is 7.06. The van der Waals surface area contributed by atoms with Crippen molar-refractivity contribution >= 4 is 15.7 Å². The number of nitrogens with one attached hydrogen (secondary N) is 1. The molecule has 0 aromatic heterocycles. The predicted molar refractivity (Wildman–Crippen MR) is 89.5 cm³/mol.